The summed E-state index contributed by atoms with van der Waals surface area (Å²) >= 11 is 5.91. The van der Waals surface area contributed by atoms with Crippen molar-refractivity contribution >= 4 is 23.3 Å². The van der Waals surface area contributed by atoms with E-state index in [-0.39, 0.29) is 17.8 Å². The minimum Gasteiger partial charge on any atom is -0.497 e. The highest BCUT2D eigenvalue weighted by molar-refractivity contribution is 6.30. The van der Waals surface area contributed by atoms with Gasteiger partial charge in [-0.2, -0.15) is 0 Å². The van der Waals surface area contributed by atoms with Gasteiger partial charge in [-0.1, -0.05) is 11.6 Å². The number of H-pyrrole nitrogens is 1. The number of ether oxygens (including phenoxy) is 2. The van der Waals surface area contributed by atoms with E-state index in [1.807, 2.05) is 0 Å². The quantitative estimate of drug-likeness (QED) is 0.614. The van der Waals surface area contributed by atoms with Gasteiger partial charge in [0.05, 0.1) is 19.1 Å². The minimum absolute atomic E-state index is 0.00152. The third kappa shape index (κ3) is 4.05. The Kier molecular flexibility index (Phi) is 5.61. The third-order valence-corrected chi connectivity index (χ3v) is 6.66. The van der Waals surface area contributed by atoms with E-state index in [0.29, 0.717) is 59.4 Å². The van der Waals surface area contributed by atoms with Crippen LogP contribution < -0.4 is 15.0 Å². The number of aromatic nitrogens is 2. The first-order valence-corrected chi connectivity index (χ1v) is 11.3. The van der Waals surface area contributed by atoms with Crippen LogP contribution in [0.3, 0.4) is 0 Å². The number of rotatable bonds is 3. The van der Waals surface area contributed by atoms with Crippen molar-refractivity contribution in [2.24, 2.45) is 0 Å². The van der Waals surface area contributed by atoms with Crippen LogP contribution in [0.2, 0.25) is 5.02 Å². The Balaban J connectivity index is 1.29. The second-order valence-corrected chi connectivity index (χ2v) is 8.96. The zero-order valence-electron chi connectivity index (χ0n) is 18.5. The summed E-state index contributed by atoms with van der Waals surface area (Å²) in [6.07, 6.45) is 2.53. The van der Waals surface area contributed by atoms with Gasteiger partial charge in [0.1, 0.15) is 28.5 Å². The number of likely N-dealkylation sites (tertiary alicyclic amines) is 1. The molecule has 0 saturated carbocycles. The van der Waals surface area contributed by atoms with Crippen LogP contribution in [-0.4, -0.2) is 52.4 Å². The Hall–Kier alpha value is -3.65. The Morgan fingerprint density at radius 1 is 1.15 bits per heavy atom. The molecule has 0 aliphatic carbocycles. The molecule has 2 aliphatic heterocycles. The molecule has 9 heteroatoms. The number of benzene rings is 2. The predicted molar refractivity (Wildman–Crippen MR) is 126 cm³/mol. The molecular weight excluding hydrogens is 458 g/mol. The number of amides is 1. The molecule has 3 heterocycles. The molecule has 3 aromatic rings. The summed E-state index contributed by atoms with van der Waals surface area (Å²) in [5.41, 5.74) is 0.0294. The van der Waals surface area contributed by atoms with Gasteiger partial charge in [-0.25, -0.2) is 4.98 Å². The topological polar surface area (TPSA) is 102 Å². The molecule has 0 unspecified atom stereocenters. The molecule has 1 saturated heterocycles. The fourth-order valence-electron chi connectivity index (χ4n) is 4.47. The highest BCUT2D eigenvalue weighted by atomic mass is 35.5. The van der Waals surface area contributed by atoms with Gasteiger partial charge in [0.25, 0.3) is 11.5 Å². The van der Waals surface area contributed by atoms with E-state index in [9.17, 15) is 14.4 Å². The molecule has 1 fully saturated rings. The first-order chi connectivity index (χ1) is 16.4. The average Bonchev–Trinajstić information content (AvgIpc) is 2.84. The standard InChI is InChI=1S/C25H22ClN3O5/c1-33-17-6-7-21-18(12-17)20(30)13-25(34-21)8-10-29(11-9-25)24(32)19-14-27-22(28-23(19)31)15-2-4-16(26)5-3-15/h2-7,12,14H,8-11,13H2,1H3,(H,27,28,31). The van der Waals surface area contributed by atoms with E-state index < -0.39 is 17.1 Å². The zero-order valence-corrected chi connectivity index (χ0v) is 19.2. The number of ketones is 1. The Morgan fingerprint density at radius 3 is 2.56 bits per heavy atom. The number of nitrogens with zero attached hydrogens (tertiary/aromatic N) is 2. The van der Waals surface area contributed by atoms with Crippen LogP contribution in [-0.2, 0) is 0 Å². The van der Waals surface area contributed by atoms with E-state index in [1.165, 1.54) is 6.20 Å². The van der Waals surface area contributed by atoms with Gasteiger partial charge >= 0.3 is 0 Å². The van der Waals surface area contributed by atoms with Crippen LogP contribution in [0.25, 0.3) is 11.4 Å². The van der Waals surface area contributed by atoms with Crippen LogP contribution in [0, 0.1) is 0 Å². The summed E-state index contributed by atoms with van der Waals surface area (Å²) in [6.45, 7) is 0.742. The molecule has 1 aromatic heterocycles. The number of fused-ring (bicyclic) bond motifs is 1. The van der Waals surface area contributed by atoms with Crippen LogP contribution in [0.1, 0.15) is 40.0 Å². The SMILES string of the molecule is COc1ccc2c(c1)C(=O)CC1(CCN(C(=O)c3cnc(-c4ccc(Cl)cc4)[nH]c3=O)CC1)O2. The lowest BCUT2D eigenvalue weighted by atomic mass is 9.82. The van der Waals surface area contributed by atoms with Gasteiger partial charge in [0, 0.05) is 42.7 Å². The second-order valence-electron chi connectivity index (χ2n) is 8.52. The van der Waals surface area contributed by atoms with Crippen molar-refractivity contribution < 1.29 is 19.1 Å². The van der Waals surface area contributed by atoms with Crippen molar-refractivity contribution in [3.05, 3.63) is 75.2 Å². The van der Waals surface area contributed by atoms with E-state index in [0.717, 1.165) is 0 Å². The number of hydrogen-bond donors (Lipinski definition) is 1. The van der Waals surface area contributed by atoms with Crippen molar-refractivity contribution in [2.75, 3.05) is 20.2 Å². The van der Waals surface area contributed by atoms with Gasteiger partial charge < -0.3 is 19.4 Å². The number of carbonyl (C=O) groups excluding carboxylic acids is 2. The van der Waals surface area contributed by atoms with Gasteiger partial charge in [-0.05, 0) is 42.5 Å². The highest BCUT2D eigenvalue weighted by Crippen LogP contribution is 2.40. The van der Waals surface area contributed by atoms with Crippen LogP contribution >= 0.6 is 11.6 Å². The molecule has 0 radical (unpaired) electrons. The number of methoxy groups -OCH3 is 1. The lowest BCUT2D eigenvalue weighted by molar-refractivity contribution is -0.00581. The summed E-state index contributed by atoms with van der Waals surface area (Å²) in [5, 5.41) is 0.577. The predicted octanol–water partition coefficient (Wildman–Crippen LogP) is 3.74. The third-order valence-electron chi connectivity index (χ3n) is 6.41. The van der Waals surface area contributed by atoms with Crippen molar-refractivity contribution in [3.8, 4) is 22.9 Å². The smallest absolute Gasteiger partial charge is 0.264 e. The molecule has 0 bridgehead atoms. The number of halogens is 1. The number of piperidine rings is 1. The number of Topliss-reactive ketones (excluding diaryl/α,β-unsaturated/α-hetero) is 1. The first-order valence-electron chi connectivity index (χ1n) is 10.9. The fraction of sp³-hybridized carbons (Fsp3) is 0.280. The number of carbonyl (C=O) groups is 2. The number of aromatic amines is 1. The van der Waals surface area contributed by atoms with Crippen molar-refractivity contribution in [2.45, 2.75) is 24.9 Å². The molecule has 1 amide bonds. The van der Waals surface area contributed by atoms with Crippen LogP contribution in [0.5, 0.6) is 11.5 Å². The molecule has 0 atom stereocenters. The normalized spacial score (nSPS) is 16.6. The van der Waals surface area contributed by atoms with E-state index in [4.69, 9.17) is 21.1 Å². The highest BCUT2D eigenvalue weighted by Gasteiger charge is 2.44. The Morgan fingerprint density at radius 2 is 1.88 bits per heavy atom. The molecule has 8 nitrogen and oxygen atoms in total. The van der Waals surface area contributed by atoms with E-state index in [1.54, 1.807) is 54.5 Å². The zero-order chi connectivity index (χ0) is 23.9. The van der Waals surface area contributed by atoms with E-state index >= 15 is 0 Å². The second kappa shape index (κ2) is 8.61. The molecule has 1 N–H and O–H groups in total. The lowest BCUT2D eigenvalue weighted by Gasteiger charge is -2.43. The number of nitrogens with one attached hydrogen (secondary N) is 1. The molecule has 174 valence electrons. The maximum Gasteiger partial charge on any atom is 0.264 e. The Labute approximate surface area is 200 Å². The van der Waals surface area contributed by atoms with Gasteiger partial charge in [0.15, 0.2) is 5.78 Å². The number of hydrogen-bond acceptors (Lipinski definition) is 6. The maximum atomic E-state index is 13.0. The Bertz CT molecular complexity index is 1330. The first kappa shape index (κ1) is 22.2. The van der Waals surface area contributed by atoms with Gasteiger partial charge in [-0.3, -0.25) is 14.4 Å². The lowest BCUT2D eigenvalue weighted by Crippen LogP contribution is -2.52. The molecule has 2 aromatic carbocycles. The summed E-state index contributed by atoms with van der Waals surface area (Å²) in [4.78, 5) is 47.0. The summed E-state index contributed by atoms with van der Waals surface area (Å²) in [7, 11) is 1.55. The monoisotopic (exact) mass is 479 g/mol. The average molecular weight is 480 g/mol. The van der Waals surface area contributed by atoms with Gasteiger partial charge in [0.2, 0.25) is 0 Å². The molecule has 34 heavy (non-hydrogen) atoms. The summed E-state index contributed by atoms with van der Waals surface area (Å²) < 4.78 is 11.5. The summed E-state index contributed by atoms with van der Waals surface area (Å²) in [5.74, 6) is 1.11. The molecular formula is C25H22ClN3O5. The minimum atomic E-state index is -0.654. The molecule has 2 aliphatic rings. The van der Waals surface area contributed by atoms with Gasteiger partial charge in [-0.15, -0.1) is 0 Å². The largest absolute Gasteiger partial charge is 0.497 e. The summed E-state index contributed by atoms with van der Waals surface area (Å²) in [6, 6.07) is 12.1. The van der Waals surface area contributed by atoms with Crippen molar-refractivity contribution in [1.82, 2.24) is 14.9 Å². The van der Waals surface area contributed by atoms with E-state index in [2.05, 4.69) is 9.97 Å². The maximum absolute atomic E-state index is 13.0. The van der Waals surface area contributed by atoms with Crippen LogP contribution in [0.15, 0.2) is 53.5 Å². The fourth-order valence-corrected chi connectivity index (χ4v) is 4.59. The molecule has 5 rings (SSSR count). The van der Waals surface area contributed by atoms with Crippen LogP contribution in [0.4, 0.5) is 0 Å². The van der Waals surface area contributed by atoms with Crippen molar-refractivity contribution in [3.63, 3.8) is 0 Å². The molecule has 1 spiro atoms. The van der Waals surface area contributed by atoms with Crippen molar-refractivity contribution in [1.29, 1.82) is 0 Å².